The predicted molar refractivity (Wildman–Crippen MR) is 168 cm³/mol. The first kappa shape index (κ1) is 32.7. The van der Waals surface area contributed by atoms with Gasteiger partial charge in [-0.15, -0.1) is 0 Å². The summed E-state index contributed by atoms with van der Waals surface area (Å²) in [5.41, 5.74) is 3.21. The Bertz CT molecular complexity index is 1720. The summed E-state index contributed by atoms with van der Waals surface area (Å²) in [6, 6.07) is 6.02. The van der Waals surface area contributed by atoms with E-state index < -0.39 is 47.9 Å². The summed E-state index contributed by atoms with van der Waals surface area (Å²) < 4.78 is 36.0. The van der Waals surface area contributed by atoms with Crippen molar-refractivity contribution in [3.8, 4) is 11.1 Å². The molecule has 46 heavy (non-hydrogen) atoms. The third-order valence-corrected chi connectivity index (χ3v) is 9.21. The van der Waals surface area contributed by atoms with Crippen LogP contribution in [0.4, 0.5) is 8.78 Å². The molecular formula is C35H39F2N5O4. The lowest BCUT2D eigenvalue weighted by Crippen LogP contribution is -2.51. The number of fused-ring (bicyclic) bond motifs is 1. The van der Waals surface area contributed by atoms with Gasteiger partial charge in [0, 0.05) is 36.4 Å². The lowest BCUT2D eigenvalue weighted by molar-refractivity contribution is -0.144. The van der Waals surface area contributed by atoms with Gasteiger partial charge in [0.15, 0.2) is 11.6 Å². The molecule has 2 heterocycles. The number of hydrogen-bond acceptors (Lipinski definition) is 6. The van der Waals surface area contributed by atoms with E-state index in [1.54, 1.807) is 20.0 Å². The molecule has 2 aliphatic rings. The minimum atomic E-state index is -1.27. The number of halogens is 2. The van der Waals surface area contributed by atoms with E-state index in [4.69, 9.17) is 4.74 Å². The second-order valence-electron chi connectivity index (χ2n) is 12.6. The average Bonchev–Trinajstić information content (AvgIpc) is 3.30. The Labute approximate surface area is 267 Å². The maximum absolute atomic E-state index is 15.6. The van der Waals surface area contributed by atoms with Crippen LogP contribution in [0.5, 0.6) is 0 Å². The Morgan fingerprint density at radius 1 is 1.09 bits per heavy atom. The number of H-pyrrole nitrogens is 1. The Hall–Kier alpha value is -4.67. The van der Waals surface area contributed by atoms with Crippen molar-refractivity contribution < 1.29 is 27.9 Å². The number of rotatable bonds is 8. The number of aromatic nitrogens is 3. The number of benzene rings is 2. The van der Waals surface area contributed by atoms with Gasteiger partial charge < -0.3 is 19.9 Å². The second kappa shape index (κ2) is 13.0. The summed E-state index contributed by atoms with van der Waals surface area (Å²) in [7, 11) is 0. The lowest BCUT2D eigenvalue weighted by Gasteiger charge is -2.31. The molecule has 1 saturated carbocycles. The van der Waals surface area contributed by atoms with Gasteiger partial charge in [-0.25, -0.2) is 8.78 Å². The first-order chi connectivity index (χ1) is 21.8. The highest BCUT2D eigenvalue weighted by atomic mass is 19.2. The van der Waals surface area contributed by atoms with Crippen LogP contribution in [0, 0.1) is 49.7 Å². The molecule has 4 atom stereocenters. The summed E-state index contributed by atoms with van der Waals surface area (Å²) in [6.07, 6.45) is 5.42. The number of carbonyl (C=O) groups excluding carboxylic acids is 3. The Balaban J connectivity index is 1.54. The van der Waals surface area contributed by atoms with Crippen molar-refractivity contribution in [3.05, 3.63) is 94.8 Å². The van der Waals surface area contributed by atoms with E-state index in [-0.39, 0.29) is 35.1 Å². The molecular weight excluding hydrogens is 592 g/mol. The predicted octanol–water partition coefficient (Wildman–Crippen LogP) is 5.71. The molecule has 5 rings (SSSR count). The Morgan fingerprint density at radius 2 is 1.76 bits per heavy atom. The molecule has 11 heteroatoms. The van der Waals surface area contributed by atoms with Crippen LogP contribution < -0.4 is 5.32 Å². The summed E-state index contributed by atoms with van der Waals surface area (Å²) >= 11 is 0. The highest BCUT2D eigenvalue weighted by Gasteiger charge is 2.69. The first-order valence-corrected chi connectivity index (χ1v) is 15.4. The third-order valence-electron chi connectivity index (χ3n) is 9.21. The van der Waals surface area contributed by atoms with Gasteiger partial charge in [-0.1, -0.05) is 32.0 Å². The summed E-state index contributed by atoms with van der Waals surface area (Å²) in [4.78, 5) is 53.6. The molecule has 0 bridgehead atoms. The molecule has 3 aromatic rings. The minimum absolute atomic E-state index is 0.0534. The number of piperidine rings is 1. The molecule has 0 spiro atoms. The van der Waals surface area contributed by atoms with Crippen LogP contribution in [-0.4, -0.2) is 56.8 Å². The smallest absolute Gasteiger partial charge is 0.308 e. The van der Waals surface area contributed by atoms with Gasteiger partial charge >= 0.3 is 5.97 Å². The zero-order valence-corrected chi connectivity index (χ0v) is 26.9. The fourth-order valence-electron chi connectivity index (χ4n) is 6.85. The van der Waals surface area contributed by atoms with Crippen molar-refractivity contribution in [3.63, 3.8) is 0 Å². The van der Waals surface area contributed by atoms with E-state index in [1.807, 2.05) is 45.9 Å². The largest absolute Gasteiger partial charge is 0.466 e. The monoisotopic (exact) mass is 631 g/mol. The number of nitrogens with one attached hydrogen (secondary N) is 2. The molecule has 9 nitrogen and oxygen atoms in total. The molecule has 2 fully saturated rings. The quantitative estimate of drug-likeness (QED) is 0.308. The van der Waals surface area contributed by atoms with E-state index in [0.29, 0.717) is 17.8 Å². The first-order valence-electron chi connectivity index (χ1n) is 15.4. The fraction of sp³-hybridized carbons (Fsp3) is 0.400. The minimum Gasteiger partial charge on any atom is -0.466 e. The van der Waals surface area contributed by atoms with E-state index in [2.05, 4.69) is 20.3 Å². The molecule has 2 N–H and O–H groups in total. The van der Waals surface area contributed by atoms with Crippen LogP contribution in [0.25, 0.3) is 11.1 Å². The molecule has 2 amide bonds. The van der Waals surface area contributed by atoms with Crippen molar-refractivity contribution in [2.45, 2.75) is 60.0 Å². The molecule has 1 aromatic heterocycles. The second-order valence-corrected chi connectivity index (χ2v) is 12.6. The number of likely N-dealkylation sites (tertiary alicyclic amines) is 1. The van der Waals surface area contributed by atoms with Gasteiger partial charge in [0.2, 0.25) is 5.91 Å². The van der Waals surface area contributed by atoms with Gasteiger partial charge in [-0.2, -0.15) is 0 Å². The van der Waals surface area contributed by atoms with Crippen LogP contribution in [0.15, 0.2) is 55.1 Å². The third kappa shape index (κ3) is 6.36. The number of aryl methyl sites for hydroxylation is 3. The lowest BCUT2D eigenvalue weighted by atomic mass is 9.91. The summed E-state index contributed by atoms with van der Waals surface area (Å²) in [5, 5.41) is 2.82. The van der Waals surface area contributed by atoms with Crippen LogP contribution in [0.1, 0.15) is 66.1 Å². The molecule has 242 valence electrons. The molecule has 1 aliphatic carbocycles. The normalized spacial score (nSPS) is 19.9. The van der Waals surface area contributed by atoms with Crippen LogP contribution in [-0.2, 0) is 14.3 Å². The molecule has 2 aromatic carbocycles. The SMILES string of the molecule is CCOC(=O)CC(NC(=O)[C@@H]1C2C(CN1C(=O)c1cnccncc(C)[nH]1)C2(C)C)c1cc(-c2c(C)cccc2C)cc(F)c1F. The highest BCUT2D eigenvalue weighted by Crippen LogP contribution is 2.65. The fourth-order valence-corrected chi connectivity index (χ4v) is 6.85. The van der Waals surface area contributed by atoms with Crippen molar-refractivity contribution in [2.75, 3.05) is 13.2 Å². The summed E-state index contributed by atoms with van der Waals surface area (Å²) in [6.45, 7) is 11.6. The number of esters is 1. The number of aromatic amines is 1. The van der Waals surface area contributed by atoms with Crippen molar-refractivity contribution in [1.29, 1.82) is 0 Å². The molecule has 1 aliphatic heterocycles. The number of hydrogen-bond donors (Lipinski definition) is 2. The zero-order valence-electron chi connectivity index (χ0n) is 26.9. The van der Waals surface area contributed by atoms with Gasteiger partial charge in [-0.05, 0) is 79.3 Å². The van der Waals surface area contributed by atoms with E-state index in [9.17, 15) is 14.4 Å². The maximum Gasteiger partial charge on any atom is 0.308 e. The number of carbonyl (C=O) groups is 3. The standard InChI is InChI=1S/C35H39F2N5O4/c1-7-46-28(43)15-26(23-13-22(14-25(36)31(23)37)29-19(2)9-8-10-20(29)3)41-33(44)32-30-24(35(30,5)6)18-42(32)34(45)27-17-39-12-11-38-16-21(4)40-27/h8-14,16-17,24,26,30,32,40H,7,15,18H2,1-6H3,(H,41,44)/t24?,26?,30?,32-/m0/s1. The highest BCUT2D eigenvalue weighted by molar-refractivity contribution is 5.97. The molecule has 0 radical (unpaired) electrons. The van der Waals surface area contributed by atoms with Gasteiger partial charge in [0.25, 0.3) is 5.91 Å². The number of amides is 2. The van der Waals surface area contributed by atoms with E-state index >= 15 is 8.78 Å². The van der Waals surface area contributed by atoms with E-state index in [0.717, 1.165) is 22.8 Å². The zero-order chi connectivity index (χ0) is 33.3. The van der Waals surface area contributed by atoms with Gasteiger partial charge in [-0.3, -0.25) is 24.4 Å². The molecule has 1 saturated heterocycles. The van der Waals surface area contributed by atoms with Crippen LogP contribution in [0.2, 0.25) is 0 Å². The van der Waals surface area contributed by atoms with Gasteiger partial charge in [0.1, 0.15) is 11.7 Å². The summed E-state index contributed by atoms with van der Waals surface area (Å²) in [5.74, 6) is -4.09. The van der Waals surface area contributed by atoms with Crippen molar-refractivity contribution >= 4 is 17.8 Å². The van der Waals surface area contributed by atoms with Crippen molar-refractivity contribution in [2.24, 2.45) is 17.3 Å². The Kier molecular flexibility index (Phi) is 9.23. The van der Waals surface area contributed by atoms with Gasteiger partial charge in [0.05, 0.1) is 25.3 Å². The Morgan fingerprint density at radius 3 is 2.43 bits per heavy atom. The average molecular weight is 632 g/mol. The van der Waals surface area contributed by atoms with E-state index in [1.165, 1.54) is 29.6 Å². The van der Waals surface area contributed by atoms with Crippen molar-refractivity contribution in [1.82, 2.24) is 25.2 Å². The maximum atomic E-state index is 15.6. The van der Waals surface area contributed by atoms with Crippen LogP contribution in [0.3, 0.4) is 0 Å². The topological polar surface area (TPSA) is 117 Å². The number of ether oxygens (including phenoxy) is 1. The van der Waals surface area contributed by atoms with Crippen LogP contribution >= 0.6 is 0 Å². The number of nitrogens with zero attached hydrogens (tertiary/aromatic N) is 3. The molecule has 3 unspecified atom stereocenters.